The summed E-state index contributed by atoms with van der Waals surface area (Å²) in [7, 11) is 1.79. The third-order valence-corrected chi connectivity index (χ3v) is 6.16. The van der Waals surface area contributed by atoms with E-state index in [1.807, 2.05) is 34.2 Å². The van der Waals surface area contributed by atoms with Gasteiger partial charge in [0.05, 0.1) is 12.3 Å². The van der Waals surface area contributed by atoms with Gasteiger partial charge in [-0.25, -0.2) is 4.39 Å². The number of aromatic nitrogens is 4. The average molecular weight is 440 g/mol. The van der Waals surface area contributed by atoms with Gasteiger partial charge in [0.25, 0.3) is 0 Å². The van der Waals surface area contributed by atoms with Crippen LogP contribution in [0.15, 0.2) is 71.5 Å². The van der Waals surface area contributed by atoms with Gasteiger partial charge >= 0.3 is 0 Å². The number of nitrogens with zero attached hydrogens (tertiary/aromatic N) is 5. The lowest BCUT2D eigenvalue weighted by Gasteiger charge is -2.16. The quantitative estimate of drug-likeness (QED) is 0.402. The highest BCUT2D eigenvalue weighted by atomic mass is 32.2. The summed E-state index contributed by atoms with van der Waals surface area (Å²) in [4.78, 5) is 19.5. The van der Waals surface area contributed by atoms with Crippen LogP contribution in [-0.2, 0) is 11.3 Å². The molecule has 0 saturated carbocycles. The number of rotatable bonds is 7. The molecule has 1 amide bonds. The van der Waals surface area contributed by atoms with Gasteiger partial charge in [-0.15, -0.1) is 21.5 Å². The van der Waals surface area contributed by atoms with Crippen LogP contribution in [0.4, 0.5) is 4.39 Å². The number of benzene rings is 1. The molecule has 0 unspecified atom stereocenters. The number of pyridine rings is 1. The van der Waals surface area contributed by atoms with E-state index in [0.29, 0.717) is 17.5 Å². The van der Waals surface area contributed by atoms with E-state index in [1.54, 1.807) is 47.8 Å². The maximum atomic E-state index is 13.4. The van der Waals surface area contributed by atoms with E-state index in [2.05, 4.69) is 15.2 Å². The molecular weight excluding hydrogens is 421 g/mol. The summed E-state index contributed by atoms with van der Waals surface area (Å²) in [5.74, 6) is 0.493. The monoisotopic (exact) mass is 439 g/mol. The normalized spacial score (nSPS) is 10.9. The third kappa shape index (κ3) is 4.58. The van der Waals surface area contributed by atoms with Crippen molar-refractivity contribution in [1.82, 2.24) is 24.6 Å². The molecule has 0 bridgehead atoms. The molecule has 0 aliphatic carbocycles. The maximum Gasteiger partial charge on any atom is 0.233 e. The fourth-order valence-electron chi connectivity index (χ4n) is 2.84. The topological polar surface area (TPSA) is 63.9 Å². The van der Waals surface area contributed by atoms with Crippen LogP contribution in [0.5, 0.6) is 0 Å². The molecule has 0 aliphatic heterocycles. The van der Waals surface area contributed by atoms with Crippen molar-refractivity contribution in [2.24, 2.45) is 0 Å². The van der Waals surface area contributed by atoms with E-state index < -0.39 is 0 Å². The molecule has 0 N–H and O–H groups in total. The Balaban J connectivity index is 1.57. The SMILES string of the molecule is CN(Cc1cccs1)C(=O)CSc1nnc(-c2ccncc2)n1-c1ccc(F)cc1. The van der Waals surface area contributed by atoms with Crippen LogP contribution in [0.1, 0.15) is 4.88 Å². The van der Waals surface area contributed by atoms with Gasteiger partial charge in [-0.3, -0.25) is 14.3 Å². The fraction of sp³-hybridized carbons (Fsp3) is 0.143. The standard InChI is InChI=1S/C21H18FN5OS2/c1-26(13-18-3-2-12-29-18)19(28)14-30-21-25-24-20(15-8-10-23-11-9-15)27(21)17-6-4-16(22)5-7-17/h2-12H,13-14H2,1H3. The van der Waals surface area contributed by atoms with Gasteiger partial charge in [0, 0.05) is 35.6 Å². The summed E-state index contributed by atoms with van der Waals surface area (Å²) in [5, 5.41) is 11.2. The number of hydrogen-bond donors (Lipinski definition) is 0. The van der Waals surface area contributed by atoms with Gasteiger partial charge in [0.2, 0.25) is 5.91 Å². The molecule has 0 radical (unpaired) electrons. The van der Waals surface area contributed by atoms with E-state index >= 15 is 0 Å². The second-order valence-electron chi connectivity index (χ2n) is 6.47. The van der Waals surface area contributed by atoms with Crippen molar-refractivity contribution in [2.75, 3.05) is 12.8 Å². The molecule has 0 aliphatic rings. The molecule has 30 heavy (non-hydrogen) atoms. The Labute approximate surface area is 181 Å². The molecule has 1 aromatic carbocycles. The molecule has 0 fully saturated rings. The first kappa shape index (κ1) is 20.2. The number of halogens is 1. The highest BCUT2D eigenvalue weighted by Gasteiger charge is 2.18. The van der Waals surface area contributed by atoms with Crippen molar-refractivity contribution in [2.45, 2.75) is 11.7 Å². The summed E-state index contributed by atoms with van der Waals surface area (Å²) < 4.78 is 15.3. The molecule has 4 rings (SSSR count). The van der Waals surface area contributed by atoms with E-state index in [1.165, 1.54) is 23.9 Å². The summed E-state index contributed by atoms with van der Waals surface area (Å²) in [5.41, 5.74) is 1.55. The number of thiophene rings is 1. The highest BCUT2D eigenvalue weighted by Crippen LogP contribution is 2.28. The van der Waals surface area contributed by atoms with E-state index in [0.717, 1.165) is 16.1 Å². The number of carbonyl (C=O) groups is 1. The summed E-state index contributed by atoms with van der Waals surface area (Å²) in [6.07, 6.45) is 3.35. The Bertz CT molecular complexity index is 1110. The number of amides is 1. The van der Waals surface area contributed by atoms with Crippen LogP contribution in [0.25, 0.3) is 17.1 Å². The van der Waals surface area contributed by atoms with Crippen LogP contribution in [0.3, 0.4) is 0 Å². The Hall–Kier alpha value is -3.04. The van der Waals surface area contributed by atoms with Crippen molar-refractivity contribution < 1.29 is 9.18 Å². The third-order valence-electron chi connectivity index (χ3n) is 4.38. The second-order valence-corrected chi connectivity index (χ2v) is 8.45. The molecule has 3 aromatic heterocycles. The number of hydrogen-bond acceptors (Lipinski definition) is 6. The fourth-order valence-corrected chi connectivity index (χ4v) is 4.48. The lowest BCUT2D eigenvalue weighted by molar-refractivity contribution is -0.127. The Morgan fingerprint density at radius 1 is 1.13 bits per heavy atom. The van der Waals surface area contributed by atoms with Gasteiger partial charge in [0.15, 0.2) is 11.0 Å². The van der Waals surface area contributed by atoms with Crippen molar-refractivity contribution in [3.05, 3.63) is 77.0 Å². The largest absolute Gasteiger partial charge is 0.340 e. The van der Waals surface area contributed by atoms with Crippen LogP contribution >= 0.6 is 23.1 Å². The van der Waals surface area contributed by atoms with Crippen molar-refractivity contribution in [3.63, 3.8) is 0 Å². The van der Waals surface area contributed by atoms with E-state index in [-0.39, 0.29) is 17.5 Å². The van der Waals surface area contributed by atoms with Gasteiger partial charge < -0.3 is 4.90 Å². The highest BCUT2D eigenvalue weighted by molar-refractivity contribution is 7.99. The minimum Gasteiger partial charge on any atom is -0.340 e. The predicted molar refractivity (Wildman–Crippen MR) is 116 cm³/mol. The Morgan fingerprint density at radius 3 is 2.60 bits per heavy atom. The van der Waals surface area contributed by atoms with Gasteiger partial charge in [-0.05, 0) is 47.8 Å². The number of thioether (sulfide) groups is 1. The molecule has 6 nitrogen and oxygen atoms in total. The minimum atomic E-state index is -0.322. The van der Waals surface area contributed by atoms with Crippen molar-refractivity contribution in [3.8, 4) is 17.1 Å². The van der Waals surface area contributed by atoms with E-state index in [9.17, 15) is 9.18 Å². The van der Waals surface area contributed by atoms with Crippen LogP contribution in [0.2, 0.25) is 0 Å². The summed E-state index contributed by atoms with van der Waals surface area (Å²) >= 11 is 2.92. The minimum absolute atomic E-state index is 0.00693. The Morgan fingerprint density at radius 2 is 1.90 bits per heavy atom. The average Bonchev–Trinajstić information content (AvgIpc) is 3.43. The van der Waals surface area contributed by atoms with Gasteiger partial charge in [-0.2, -0.15) is 0 Å². The van der Waals surface area contributed by atoms with Crippen molar-refractivity contribution >= 4 is 29.0 Å². The maximum absolute atomic E-state index is 13.4. The zero-order valence-electron chi connectivity index (χ0n) is 16.1. The molecule has 0 saturated heterocycles. The molecule has 0 spiro atoms. The van der Waals surface area contributed by atoms with E-state index in [4.69, 9.17) is 0 Å². The van der Waals surface area contributed by atoms with Crippen molar-refractivity contribution in [1.29, 1.82) is 0 Å². The smallest absolute Gasteiger partial charge is 0.233 e. The molecule has 152 valence electrons. The van der Waals surface area contributed by atoms with Gasteiger partial charge in [0.1, 0.15) is 5.82 Å². The van der Waals surface area contributed by atoms with Crippen LogP contribution < -0.4 is 0 Å². The predicted octanol–water partition coefficient (Wildman–Crippen LogP) is 4.28. The number of carbonyl (C=O) groups excluding carboxylic acids is 1. The zero-order valence-corrected chi connectivity index (χ0v) is 17.7. The molecular formula is C21H18FN5OS2. The summed E-state index contributed by atoms with van der Waals surface area (Å²) in [6.45, 7) is 0.573. The molecule has 0 atom stereocenters. The summed E-state index contributed by atoms with van der Waals surface area (Å²) in [6, 6.07) is 13.7. The first-order valence-corrected chi connectivity index (χ1v) is 11.0. The first-order chi connectivity index (χ1) is 14.6. The van der Waals surface area contributed by atoms with Gasteiger partial charge in [-0.1, -0.05) is 17.8 Å². The lowest BCUT2D eigenvalue weighted by atomic mass is 10.2. The molecule has 4 aromatic rings. The first-order valence-electron chi connectivity index (χ1n) is 9.13. The lowest BCUT2D eigenvalue weighted by Crippen LogP contribution is -2.27. The Kier molecular flexibility index (Phi) is 6.20. The molecule has 9 heteroatoms. The van der Waals surface area contributed by atoms with Crippen LogP contribution in [-0.4, -0.2) is 43.4 Å². The van der Waals surface area contributed by atoms with Crippen LogP contribution in [0, 0.1) is 5.82 Å². The zero-order chi connectivity index (χ0) is 20.9. The molecule has 3 heterocycles. The second kappa shape index (κ2) is 9.19.